The van der Waals surface area contributed by atoms with Crippen LogP contribution in [0.3, 0.4) is 0 Å². The number of ether oxygens (including phenoxy) is 1. The van der Waals surface area contributed by atoms with E-state index in [4.69, 9.17) is 9.73 Å². The number of halogens is 2. The summed E-state index contributed by atoms with van der Waals surface area (Å²) in [6.07, 6.45) is 1.72. The molecule has 4 rings (SSSR count). The summed E-state index contributed by atoms with van der Waals surface area (Å²) in [6, 6.07) is 15.3. The molecule has 2 heterocycles. The van der Waals surface area contributed by atoms with Crippen molar-refractivity contribution in [2.45, 2.75) is 13.5 Å². The summed E-state index contributed by atoms with van der Waals surface area (Å²) in [7, 11) is 0. The lowest BCUT2D eigenvalue weighted by molar-refractivity contribution is 0.305. The van der Waals surface area contributed by atoms with Gasteiger partial charge in [0.1, 0.15) is 18.2 Å². The summed E-state index contributed by atoms with van der Waals surface area (Å²) >= 11 is -0.285. The molecule has 30 heavy (non-hydrogen) atoms. The maximum atomic E-state index is 13.0. The first-order valence-corrected chi connectivity index (χ1v) is 11.9. The van der Waals surface area contributed by atoms with E-state index in [0.29, 0.717) is 5.75 Å². The van der Waals surface area contributed by atoms with Gasteiger partial charge in [-0.3, -0.25) is 14.4 Å². The predicted octanol–water partition coefficient (Wildman–Crippen LogP) is 4.19. The van der Waals surface area contributed by atoms with E-state index in [1.54, 1.807) is 29.0 Å². The number of hydrogen-bond donors (Lipinski definition) is 1. The summed E-state index contributed by atoms with van der Waals surface area (Å²) < 4.78 is 23.7. The molecule has 2 aromatic carbocycles. The molecule has 1 aliphatic rings. The number of benzene rings is 2. The Morgan fingerprint density at radius 2 is 1.97 bits per heavy atom. The second kappa shape index (κ2) is 9.44. The van der Waals surface area contributed by atoms with Gasteiger partial charge in [-0.25, -0.2) is 4.39 Å². The number of nitrogens with zero attached hydrogens (tertiary/aromatic N) is 2. The second-order valence-electron chi connectivity index (χ2n) is 6.72. The summed E-state index contributed by atoms with van der Waals surface area (Å²) in [6.45, 7) is 4.06. The van der Waals surface area contributed by atoms with E-state index >= 15 is 0 Å². The van der Waals surface area contributed by atoms with Crippen molar-refractivity contribution in [2.24, 2.45) is 4.99 Å². The molecule has 154 valence electrons. The second-order valence-corrected chi connectivity index (χ2v) is 9.13. The van der Waals surface area contributed by atoms with Crippen molar-refractivity contribution >= 4 is 36.1 Å². The molecule has 1 aliphatic heterocycles. The van der Waals surface area contributed by atoms with Gasteiger partial charge in [-0.1, -0.05) is 39.8 Å². The largest absolute Gasteiger partial charge is 0.489 e. The Labute approximate surface area is 184 Å². The first-order chi connectivity index (χ1) is 14.6. The summed E-state index contributed by atoms with van der Waals surface area (Å²) in [5.41, 5.74) is 3.58. The molecule has 0 spiro atoms. The quantitative estimate of drug-likeness (QED) is 0.479. The van der Waals surface area contributed by atoms with Crippen LogP contribution in [0.25, 0.3) is 5.69 Å². The van der Waals surface area contributed by atoms with Gasteiger partial charge in [0.15, 0.2) is 0 Å². The molecule has 0 fully saturated rings. The zero-order chi connectivity index (χ0) is 20.9. The van der Waals surface area contributed by atoms with Gasteiger partial charge in [0.05, 0.1) is 11.4 Å². The van der Waals surface area contributed by atoms with Crippen LogP contribution in [0.5, 0.6) is 5.75 Å². The number of pyridine rings is 1. The van der Waals surface area contributed by atoms with Crippen LogP contribution >= 0.6 is 20.7 Å². The third-order valence-corrected chi connectivity index (χ3v) is 7.10. The Balaban J connectivity index is 1.50. The van der Waals surface area contributed by atoms with Gasteiger partial charge in [0.2, 0.25) is 0 Å². The highest BCUT2D eigenvalue weighted by Crippen LogP contribution is 2.30. The minimum absolute atomic E-state index is 0.166. The zero-order valence-electron chi connectivity index (χ0n) is 16.4. The Morgan fingerprint density at radius 3 is 2.73 bits per heavy atom. The highest BCUT2D eigenvalue weighted by molar-refractivity contribution is 14.2. The summed E-state index contributed by atoms with van der Waals surface area (Å²) in [4.78, 5) is 17.3. The van der Waals surface area contributed by atoms with Crippen molar-refractivity contribution in [3.63, 3.8) is 0 Å². The highest BCUT2D eigenvalue weighted by Gasteiger charge is 2.10. The molecule has 3 aromatic rings. The smallest absolute Gasteiger partial charge is 0.258 e. The number of rotatable bonds is 7. The maximum Gasteiger partial charge on any atom is 0.258 e. The Morgan fingerprint density at radius 1 is 1.13 bits per heavy atom. The Bertz CT molecular complexity index is 1170. The third-order valence-electron chi connectivity index (χ3n) is 4.54. The van der Waals surface area contributed by atoms with Crippen LogP contribution < -0.4 is 15.6 Å². The van der Waals surface area contributed by atoms with E-state index in [-0.39, 0.29) is 38.7 Å². The van der Waals surface area contributed by atoms with Crippen LogP contribution in [0, 0.1) is 9.39 Å². The van der Waals surface area contributed by atoms with Crippen LogP contribution in [-0.2, 0) is 6.61 Å². The van der Waals surface area contributed by atoms with E-state index in [1.165, 1.54) is 21.8 Å². The van der Waals surface area contributed by atoms with Gasteiger partial charge in [0.25, 0.3) is 5.56 Å². The monoisotopic (exact) mass is 517 g/mol. The molecule has 0 aliphatic carbocycles. The normalized spacial score (nSPS) is 12.7. The average molecular weight is 517 g/mol. The Hall–Kier alpha value is -2.65. The fraction of sp³-hybridized carbons (Fsp3) is 0.174. The van der Waals surface area contributed by atoms with Crippen LogP contribution in [0.15, 0.2) is 70.6 Å². The van der Waals surface area contributed by atoms with Crippen molar-refractivity contribution in [2.75, 3.05) is 13.1 Å². The zero-order valence-corrected chi connectivity index (χ0v) is 18.6. The van der Waals surface area contributed by atoms with Gasteiger partial charge in [-0.05, 0) is 52.5 Å². The van der Waals surface area contributed by atoms with Gasteiger partial charge < -0.3 is 10.1 Å². The fourth-order valence-corrected chi connectivity index (χ4v) is 5.14. The van der Waals surface area contributed by atoms with Crippen molar-refractivity contribution in [3.05, 3.63) is 86.1 Å². The average Bonchev–Trinajstić information content (AvgIpc) is 2.77. The van der Waals surface area contributed by atoms with Gasteiger partial charge in [-0.15, -0.1) is 0 Å². The molecule has 0 unspecified atom stereocenters. The molecule has 1 N–H and O–H groups in total. The van der Waals surface area contributed by atoms with E-state index in [2.05, 4.69) is 16.3 Å². The van der Waals surface area contributed by atoms with Crippen molar-refractivity contribution in [1.29, 1.82) is 0 Å². The number of aliphatic imine (C=N–C) groups is 1. The van der Waals surface area contributed by atoms with E-state index < -0.39 is 0 Å². The number of hydrogen-bond acceptors (Lipinski definition) is 4. The van der Waals surface area contributed by atoms with Crippen LogP contribution in [-0.4, -0.2) is 27.4 Å². The first-order valence-electron chi connectivity index (χ1n) is 9.61. The van der Waals surface area contributed by atoms with Gasteiger partial charge >= 0.3 is 0 Å². The molecule has 0 radical (unpaired) electrons. The molecule has 0 amide bonds. The number of aromatic nitrogens is 1. The van der Waals surface area contributed by atoms with Crippen LogP contribution in [0.1, 0.15) is 12.5 Å². The molecule has 0 saturated carbocycles. The summed E-state index contributed by atoms with van der Waals surface area (Å²) in [5.74, 6) is 0.197. The van der Waals surface area contributed by atoms with Gasteiger partial charge in [0, 0.05) is 28.1 Å². The van der Waals surface area contributed by atoms with Crippen LogP contribution in [0.4, 0.5) is 10.1 Å². The van der Waals surface area contributed by atoms with E-state index in [0.717, 1.165) is 35.7 Å². The van der Waals surface area contributed by atoms with Crippen molar-refractivity contribution in [1.82, 2.24) is 9.88 Å². The maximum absolute atomic E-state index is 13.0. The molecular weight excluding hydrogens is 496 g/mol. The fourth-order valence-electron chi connectivity index (χ4n) is 2.97. The molecule has 0 bridgehead atoms. The topological polar surface area (TPSA) is 55.6 Å². The summed E-state index contributed by atoms with van der Waals surface area (Å²) in [5, 5.41) is 3.30. The highest BCUT2D eigenvalue weighted by atomic mass is 127. The molecule has 1 aromatic heterocycles. The standard InChI is InChI=1S/C23H21FIN3O2/c1-2-26-14-18-13-25-21-11-19(7-8-22(21)27-18)28-10-9-20(12-23(28)29)30-15-16-3-5-17(24)6-4-16/h3-13,26H,2,14-15H2,1H3. The predicted molar refractivity (Wildman–Crippen MR) is 127 cm³/mol. The molecule has 5 nitrogen and oxygen atoms in total. The molecule has 7 heteroatoms. The Kier molecular flexibility index (Phi) is 6.49. The lowest BCUT2D eigenvalue weighted by Crippen LogP contribution is -2.23. The van der Waals surface area contributed by atoms with Crippen molar-refractivity contribution in [3.8, 4) is 11.4 Å². The molecule has 0 saturated heterocycles. The SMILES string of the molecule is CCNCC1=Nc2ccc(-n3ccc(OCc4ccc(F)cc4)cc3=O)cc2I=C1. The minimum Gasteiger partial charge on any atom is -0.489 e. The first kappa shape index (κ1) is 20.6. The van der Waals surface area contributed by atoms with E-state index in [1.807, 2.05) is 18.2 Å². The van der Waals surface area contributed by atoms with E-state index in [9.17, 15) is 9.18 Å². The third kappa shape index (κ3) is 4.91. The lowest BCUT2D eigenvalue weighted by atomic mass is 10.2. The number of nitrogens with one attached hydrogen (secondary N) is 1. The minimum atomic E-state index is -0.286. The lowest BCUT2D eigenvalue weighted by Gasteiger charge is -2.13. The van der Waals surface area contributed by atoms with Gasteiger partial charge in [-0.2, -0.15) is 0 Å². The molecular formula is C23H21FIN3O2. The van der Waals surface area contributed by atoms with Crippen LogP contribution in [0.2, 0.25) is 0 Å². The number of fused-ring (bicyclic) bond motifs is 1. The molecule has 0 atom stereocenters. The van der Waals surface area contributed by atoms with Crippen molar-refractivity contribution < 1.29 is 9.13 Å².